The van der Waals surface area contributed by atoms with Gasteiger partial charge in [0.25, 0.3) is 11.8 Å². The molecule has 0 radical (unpaired) electrons. The number of esters is 1. The molecule has 1 atom stereocenters. The Kier molecular flexibility index (Phi) is 5.63. The van der Waals surface area contributed by atoms with E-state index in [1.807, 2.05) is 0 Å². The predicted octanol–water partition coefficient (Wildman–Crippen LogP) is 0.610. The number of nitrogens with one attached hydrogen (secondary N) is 2. The molecule has 35 heavy (non-hydrogen) atoms. The summed E-state index contributed by atoms with van der Waals surface area (Å²) in [5.74, 6) is -2.21. The Labute approximate surface area is 198 Å². The fourth-order valence-electron chi connectivity index (χ4n) is 3.92. The zero-order valence-electron chi connectivity index (χ0n) is 18.7. The Morgan fingerprint density at radius 1 is 1.20 bits per heavy atom. The summed E-state index contributed by atoms with van der Waals surface area (Å²) in [5.41, 5.74) is 0.827. The van der Waals surface area contributed by atoms with E-state index in [0.29, 0.717) is 18.8 Å². The van der Waals surface area contributed by atoms with Crippen LogP contribution in [0.25, 0.3) is 5.65 Å². The largest absolute Gasteiger partial charge is 0.426 e. The van der Waals surface area contributed by atoms with E-state index in [4.69, 9.17) is 4.74 Å². The van der Waals surface area contributed by atoms with E-state index >= 15 is 0 Å². The van der Waals surface area contributed by atoms with Gasteiger partial charge in [-0.2, -0.15) is 5.10 Å². The molecule has 11 nitrogen and oxygen atoms in total. The average molecular weight is 480 g/mol. The number of hydrogen-bond acceptors (Lipinski definition) is 7. The molecule has 4 heterocycles. The van der Waals surface area contributed by atoms with Gasteiger partial charge in [-0.15, -0.1) is 0 Å². The van der Waals surface area contributed by atoms with Gasteiger partial charge in [0.2, 0.25) is 5.91 Å². The van der Waals surface area contributed by atoms with Gasteiger partial charge < -0.3 is 20.3 Å². The van der Waals surface area contributed by atoms with E-state index in [1.54, 1.807) is 30.0 Å². The highest BCUT2D eigenvalue weighted by atomic mass is 19.1. The number of likely N-dealkylation sites (tertiary alicyclic amines) is 1. The molecule has 1 aromatic carbocycles. The van der Waals surface area contributed by atoms with Crippen LogP contribution in [0.2, 0.25) is 0 Å². The van der Waals surface area contributed by atoms with Crippen molar-refractivity contribution in [2.24, 2.45) is 0 Å². The average Bonchev–Trinajstić information content (AvgIpc) is 3.36. The number of rotatable bonds is 6. The molecule has 2 aromatic heterocycles. The molecule has 12 heteroatoms. The maximum Gasteiger partial charge on any atom is 0.315 e. The molecular weight excluding hydrogens is 459 g/mol. The molecule has 2 aliphatic heterocycles. The number of fused-ring (bicyclic) bond motifs is 2. The van der Waals surface area contributed by atoms with E-state index in [-0.39, 0.29) is 41.9 Å². The van der Waals surface area contributed by atoms with Crippen molar-refractivity contribution in [1.29, 1.82) is 0 Å². The minimum atomic E-state index is -0.806. The molecule has 0 saturated carbocycles. The SMILES string of the molecule is C[C@H](NC(=O)c1cc(C(=O)NCc2ccc3c(c2)CC(=O)O3)nc2c(F)cnn12)C(=O)N1CCC1. The highest BCUT2D eigenvalue weighted by Gasteiger charge is 2.28. The summed E-state index contributed by atoms with van der Waals surface area (Å²) < 4.78 is 20.3. The van der Waals surface area contributed by atoms with Gasteiger partial charge in [-0.3, -0.25) is 19.2 Å². The number of amides is 3. The van der Waals surface area contributed by atoms with Crippen molar-refractivity contribution >= 4 is 29.3 Å². The monoisotopic (exact) mass is 480 g/mol. The smallest absolute Gasteiger partial charge is 0.315 e. The summed E-state index contributed by atoms with van der Waals surface area (Å²) in [6.07, 6.45) is 1.97. The summed E-state index contributed by atoms with van der Waals surface area (Å²) in [4.78, 5) is 55.2. The third kappa shape index (κ3) is 4.29. The normalized spacial score (nSPS) is 15.3. The van der Waals surface area contributed by atoms with Crippen molar-refractivity contribution in [3.8, 4) is 5.75 Å². The number of nitrogens with zero attached hydrogens (tertiary/aromatic N) is 4. The second kappa shape index (κ2) is 8.78. The van der Waals surface area contributed by atoms with Crippen LogP contribution in [-0.4, -0.2) is 62.3 Å². The lowest BCUT2D eigenvalue weighted by atomic mass is 10.1. The molecular formula is C23H21FN6O5. The van der Waals surface area contributed by atoms with Gasteiger partial charge in [-0.1, -0.05) is 6.07 Å². The topological polar surface area (TPSA) is 135 Å². The Balaban J connectivity index is 1.34. The van der Waals surface area contributed by atoms with Crippen LogP contribution in [0.3, 0.4) is 0 Å². The zero-order chi connectivity index (χ0) is 24.7. The second-order valence-corrected chi connectivity index (χ2v) is 8.40. The lowest BCUT2D eigenvalue weighted by Crippen LogP contribution is -2.52. The summed E-state index contributed by atoms with van der Waals surface area (Å²) in [6, 6.07) is 5.50. The van der Waals surface area contributed by atoms with Crippen LogP contribution in [0, 0.1) is 5.82 Å². The molecule has 2 N–H and O–H groups in total. The Bertz CT molecular complexity index is 1380. The lowest BCUT2D eigenvalue weighted by molar-refractivity contribution is -0.136. The van der Waals surface area contributed by atoms with Crippen LogP contribution in [0.4, 0.5) is 4.39 Å². The van der Waals surface area contributed by atoms with Crippen LogP contribution < -0.4 is 15.4 Å². The van der Waals surface area contributed by atoms with Crippen molar-refractivity contribution in [3.05, 3.63) is 58.8 Å². The van der Waals surface area contributed by atoms with E-state index in [0.717, 1.165) is 28.3 Å². The van der Waals surface area contributed by atoms with E-state index in [1.165, 1.54) is 6.07 Å². The van der Waals surface area contributed by atoms with Gasteiger partial charge in [0.05, 0.1) is 12.6 Å². The molecule has 5 rings (SSSR count). The Morgan fingerprint density at radius 3 is 2.74 bits per heavy atom. The number of hydrogen-bond donors (Lipinski definition) is 2. The molecule has 180 valence electrons. The van der Waals surface area contributed by atoms with Crippen LogP contribution in [-0.2, 0) is 22.6 Å². The Morgan fingerprint density at radius 2 is 2.00 bits per heavy atom. The van der Waals surface area contributed by atoms with Crippen LogP contribution >= 0.6 is 0 Å². The molecule has 1 fully saturated rings. The maximum atomic E-state index is 14.3. The summed E-state index contributed by atoms with van der Waals surface area (Å²) in [7, 11) is 0. The number of ether oxygens (including phenoxy) is 1. The van der Waals surface area contributed by atoms with Crippen molar-refractivity contribution in [1.82, 2.24) is 30.1 Å². The number of halogens is 1. The number of aromatic nitrogens is 3. The lowest BCUT2D eigenvalue weighted by Gasteiger charge is -2.33. The van der Waals surface area contributed by atoms with Crippen molar-refractivity contribution < 1.29 is 28.3 Å². The van der Waals surface area contributed by atoms with Crippen LogP contribution in [0.1, 0.15) is 45.4 Å². The fourth-order valence-corrected chi connectivity index (χ4v) is 3.92. The van der Waals surface area contributed by atoms with E-state index in [2.05, 4.69) is 20.7 Å². The van der Waals surface area contributed by atoms with Crippen LogP contribution in [0.15, 0.2) is 30.5 Å². The molecule has 3 aromatic rings. The van der Waals surface area contributed by atoms with Gasteiger partial charge in [0, 0.05) is 31.3 Å². The first kappa shape index (κ1) is 22.4. The molecule has 2 aliphatic rings. The Hall–Kier alpha value is -4.35. The first-order chi connectivity index (χ1) is 16.8. The highest BCUT2D eigenvalue weighted by Crippen LogP contribution is 2.26. The van der Waals surface area contributed by atoms with Gasteiger partial charge in [0.15, 0.2) is 11.5 Å². The third-order valence-corrected chi connectivity index (χ3v) is 5.92. The summed E-state index contributed by atoms with van der Waals surface area (Å²) >= 11 is 0. The molecule has 0 aliphatic carbocycles. The second-order valence-electron chi connectivity index (χ2n) is 8.40. The highest BCUT2D eigenvalue weighted by molar-refractivity contribution is 6.00. The maximum absolute atomic E-state index is 14.3. The minimum absolute atomic E-state index is 0.109. The quantitative estimate of drug-likeness (QED) is 0.390. The number of carbonyl (C=O) groups excluding carboxylic acids is 4. The molecule has 3 amide bonds. The standard InChI is InChI=1S/C23H21FN6O5/c1-12(23(34)29-5-2-6-29)27-22(33)17-9-16(28-20-15(24)11-26-30(17)20)21(32)25-10-13-3-4-18-14(7-13)8-19(31)35-18/h3-4,7,9,11-12H,2,5-6,8,10H2,1H3,(H,25,32)(H,27,33)/t12-/m0/s1. The number of carbonyl (C=O) groups is 4. The first-order valence-corrected chi connectivity index (χ1v) is 11.0. The van der Waals surface area contributed by atoms with E-state index < -0.39 is 23.7 Å². The number of benzene rings is 1. The predicted molar refractivity (Wildman–Crippen MR) is 118 cm³/mol. The first-order valence-electron chi connectivity index (χ1n) is 11.0. The van der Waals surface area contributed by atoms with Gasteiger partial charge in [-0.05, 0) is 31.0 Å². The van der Waals surface area contributed by atoms with Crippen molar-refractivity contribution in [2.45, 2.75) is 32.4 Å². The fraction of sp³-hybridized carbons (Fsp3) is 0.304. The molecule has 0 spiro atoms. The molecule has 0 bridgehead atoms. The minimum Gasteiger partial charge on any atom is -0.426 e. The van der Waals surface area contributed by atoms with Gasteiger partial charge >= 0.3 is 5.97 Å². The third-order valence-electron chi connectivity index (χ3n) is 5.92. The summed E-state index contributed by atoms with van der Waals surface area (Å²) in [6.45, 7) is 2.95. The zero-order valence-corrected chi connectivity index (χ0v) is 18.7. The summed E-state index contributed by atoms with van der Waals surface area (Å²) in [5, 5.41) is 9.10. The van der Waals surface area contributed by atoms with Gasteiger partial charge in [-0.25, -0.2) is 13.9 Å². The molecule has 1 saturated heterocycles. The van der Waals surface area contributed by atoms with Crippen molar-refractivity contribution in [3.63, 3.8) is 0 Å². The molecule has 0 unspecified atom stereocenters. The van der Waals surface area contributed by atoms with Gasteiger partial charge in [0.1, 0.15) is 23.2 Å². The van der Waals surface area contributed by atoms with Crippen LogP contribution in [0.5, 0.6) is 5.75 Å². The van der Waals surface area contributed by atoms with Crippen molar-refractivity contribution in [2.75, 3.05) is 13.1 Å². The van der Waals surface area contributed by atoms with E-state index in [9.17, 15) is 23.6 Å².